The van der Waals surface area contributed by atoms with Crippen molar-refractivity contribution in [3.63, 3.8) is 0 Å². The van der Waals surface area contributed by atoms with Crippen molar-refractivity contribution in [1.82, 2.24) is 15.2 Å². The highest BCUT2D eigenvalue weighted by molar-refractivity contribution is 5.03. The molecule has 90 valence electrons. The smallest absolute Gasteiger partial charge is 0.0543 e. The van der Waals surface area contributed by atoms with Gasteiger partial charge in [-0.05, 0) is 38.7 Å². The summed E-state index contributed by atoms with van der Waals surface area (Å²) in [6.07, 6.45) is 3.07. The van der Waals surface area contributed by atoms with E-state index < -0.39 is 0 Å². The molecule has 0 spiro atoms. The maximum Gasteiger partial charge on any atom is 0.0543 e. The Bertz CT molecular complexity index is 274. The van der Waals surface area contributed by atoms with Crippen LogP contribution in [0.2, 0.25) is 0 Å². The molecule has 0 saturated heterocycles. The van der Waals surface area contributed by atoms with Gasteiger partial charge in [-0.25, -0.2) is 0 Å². The average Bonchev–Trinajstić information content (AvgIpc) is 2.29. The summed E-state index contributed by atoms with van der Waals surface area (Å²) in [5.74, 6) is 0.721. The molecule has 1 aromatic rings. The number of hydrogen-bond acceptors (Lipinski definition) is 3. The van der Waals surface area contributed by atoms with E-state index in [0.717, 1.165) is 31.2 Å². The summed E-state index contributed by atoms with van der Waals surface area (Å²) in [4.78, 5) is 6.68. The van der Waals surface area contributed by atoms with Gasteiger partial charge in [-0.2, -0.15) is 0 Å². The highest BCUT2D eigenvalue weighted by atomic mass is 15.1. The van der Waals surface area contributed by atoms with Crippen molar-refractivity contribution in [2.24, 2.45) is 5.92 Å². The van der Waals surface area contributed by atoms with Gasteiger partial charge >= 0.3 is 0 Å². The van der Waals surface area contributed by atoms with E-state index in [1.807, 2.05) is 25.4 Å². The van der Waals surface area contributed by atoms with Gasteiger partial charge < -0.3 is 10.2 Å². The zero-order chi connectivity index (χ0) is 11.8. The van der Waals surface area contributed by atoms with Crippen molar-refractivity contribution in [3.05, 3.63) is 30.1 Å². The fourth-order valence-electron chi connectivity index (χ4n) is 1.90. The molecule has 1 aromatic heterocycles. The van der Waals surface area contributed by atoms with E-state index in [9.17, 15) is 0 Å². The van der Waals surface area contributed by atoms with Gasteiger partial charge in [-0.3, -0.25) is 4.98 Å². The Morgan fingerprint density at radius 1 is 1.44 bits per heavy atom. The van der Waals surface area contributed by atoms with E-state index in [-0.39, 0.29) is 0 Å². The Labute approximate surface area is 98.9 Å². The molecular formula is C13H23N3. The van der Waals surface area contributed by atoms with Crippen molar-refractivity contribution in [2.45, 2.75) is 19.9 Å². The summed E-state index contributed by atoms with van der Waals surface area (Å²) in [6, 6.07) is 6.08. The first kappa shape index (κ1) is 13.1. The minimum atomic E-state index is 0.721. The van der Waals surface area contributed by atoms with E-state index in [1.165, 1.54) is 6.42 Å². The molecule has 1 N–H and O–H groups in total. The standard InChI is InChI=1S/C13H23N3/c1-4-12(9-14-2)10-16(3)11-13-7-5-6-8-15-13/h5-8,12,14H,4,9-11H2,1-3H3. The topological polar surface area (TPSA) is 28.2 Å². The quantitative estimate of drug-likeness (QED) is 0.760. The highest BCUT2D eigenvalue weighted by Gasteiger charge is 2.09. The number of rotatable bonds is 7. The van der Waals surface area contributed by atoms with Crippen LogP contribution in [-0.2, 0) is 6.54 Å². The fraction of sp³-hybridized carbons (Fsp3) is 0.615. The van der Waals surface area contributed by atoms with Crippen LogP contribution in [-0.4, -0.2) is 37.1 Å². The molecule has 0 aliphatic heterocycles. The molecule has 0 amide bonds. The number of hydrogen-bond donors (Lipinski definition) is 1. The lowest BCUT2D eigenvalue weighted by Crippen LogP contribution is -2.31. The minimum absolute atomic E-state index is 0.721. The first-order valence-electron chi connectivity index (χ1n) is 5.99. The second kappa shape index (κ2) is 7.36. The number of aromatic nitrogens is 1. The van der Waals surface area contributed by atoms with Crippen LogP contribution in [0, 0.1) is 5.92 Å². The first-order chi connectivity index (χ1) is 7.76. The summed E-state index contributed by atoms with van der Waals surface area (Å²) >= 11 is 0. The van der Waals surface area contributed by atoms with Crippen LogP contribution in [0.4, 0.5) is 0 Å². The van der Waals surface area contributed by atoms with Crippen LogP contribution >= 0.6 is 0 Å². The Kier molecular flexibility index (Phi) is 6.04. The lowest BCUT2D eigenvalue weighted by atomic mass is 10.1. The zero-order valence-corrected chi connectivity index (χ0v) is 10.6. The number of nitrogens with one attached hydrogen (secondary N) is 1. The summed E-state index contributed by atoms with van der Waals surface area (Å²) in [7, 11) is 4.18. The molecule has 3 nitrogen and oxygen atoms in total. The van der Waals surface area contributed by atoms with E-state index in [2.05, 4.69) is 35.2 Å². The third kappa shape index (κ3) is 4.73. The molecular weight excluding hydrogens is 198 g/mol. The van der Waals surface area contributed by atoms with Crippen molar-refractivity contribution in [2.75, 3.05) is 27.2 Å². The molecule has 0 aromatic carbocycles. The molecule has 0 radical (unpaired) electrons. The van der Waals surface area contributed by atoms with Crippen molar-refractivity contribution >= 4 is 0 Å². The molecule has 1 rings (SSSR count). The van der Waals surface area contributed by atoms with Gasteiger partial charge in [0, 0.05) is 19.3 Å². The van der Waals surface area contributed by atoms with Gasteiger partial charge in [0.1, 0.15) is 0 Å². The van der Waals surface area contributed by atoms with Gasteiger partial charge in [0.15, 0.2) is 0 Å². The lowest BCUT2D eigenvalue weighted by Gasteiger charge is -2.22. The minimum Gasteiger partial charge on any atom is -0.319 e. The van der Waals surface area contributed by atoms with Crippen LogP contribution in [0.15, 0.2) is 24.4 Å². The predicted octanol–water partition coefficient (Wildman–Crippen LogP) is 1.76. The monoisotopic (exact) mass is 221 g/mol. The van der Waals surface area contributed by atoms with Crippen LogP contribution < -0.4 is 5.32 Å². The Hall–Kier alpha value is -0.930. The highest BCUT2D eigenvalue weighted by Crippen LogP contribution is 2.06. The molecule has 0 aliphatic carbocycles. The van der Waals surface area contributed by atoms with Crippen LogP contribution in [0.25, 0.3) is 0 Å². The number of nitrogens with zero attached hydrogens (tertiary/aromatic N) is 2. The van der Waals surface area contributed by atoms with Crippen LogP contribution in [0.3, 0.4) is 0 Å². The number of pyridine rings is 1. The summed E-state index contributed by atoms with van der Waals surface area (Å²) < 4.78 is 0. The maximum atomic E-state index is 4.34. The third-order valence-corrected chi connectivity index (χ3v) is 2.80. The van der Waals surface area contributed by atoms with E-state index in [1.54, 1.807) is 0 Å². The van der Waals surface area contributed by atoms with Crippen molar-refractivity contribution in [1.29, 1.82) is 0 Å². The van der Waals surface area contributed by atoms with Gasteiger partial charge in [-0.15, -0.1) is 0 Å². The lowest BCUT2D eigenvalue weighted by molar-refractivity contribution is 0.259. The summed E-state index contributed by atoms with van der Waals surface area (Å²) in [5.41, 5.74) is 1.14. The Morgan fingerprint density at radius 2 is 2.25 bits per heavy atom. The Morgan fingerprint density at radius 3 is 2.81 bits per heavy atom. The molecule has 1 unspecified atom stereocenters. The first-order valence-corrected chi connectivity index (χ1v) is 5.99. The van der Waals surface area contributed by atoms with E-state index >= 15 is 0 Å². The van der Waals surface area contributed by atoms with Gasteiger partial charge in [0.25, 0.3) is 0 Å². The molecule has 0 bridgehead atoms. The second-order valence-corrected chi connectivity index (χ2v) is 4.35. The van der Waals surface area contributed by atoms with Crippen LogP contribution in [0.1, 0.15) is 19.0 Å². The van der Waals surface area contributed by atoms with E-state index in [4.69, 9.17) is 0 Å². The van der Waals surface area contributed by atoms with Crippen molar-refractivity contribution < 1.29 is 0 Å². The maximum absolute atomic E-state index is 4.34. The Balaban J connectivity index is 2.37. The molecule has 0 saturated carbocycles. The predicted molar refractivity (Wildman–Crippen MR) is 68.3 cm³/mol. The molecule has 0 fully saturated rings. The van der Waals surface area contributed by atoms with Gasteiger partial charge in [-0.1, -0.05) is 19.4 Å². The molecule has 1 atom stereocenters. The third-order valence-electron chi connectivity index (χ3n) is 2.80. The van der Waals surface area contributed by atoms with Gasteiger partial charge in [0.2, 0.25) is 0 Å². The van der Waals surface area contributed by atoms with Gasteiger partial charge in [0.05, 0.1) is 5.69 Å². The molecule has 0 aliphatic rings. The fourth-order valence-corrected chi connectivity index (χ4v) is 1.90. The molecule has 16 heavy (non-hydrogen) atoms. The largest absolute Gasteiger partial charge is 0.319 e. The van der Waals surface area contributed by atoms with Crippen molar-refractivity contribution in [3.8, 4) is 0 Å². The normalized spacial score (nSPS) is 13.0. The average molecular weight is 221 g/mol. The molecule has 3 heteroatoms. The summed E-state index contributed by atoms with van der Waals surface area (Å²) in [6.45, 7) is 5.38. The molecule has 1 heterocycles. The summed E-state index contributed by atoms with van der Waals surface area (Å²) in [5, 5.41) is 3.25. The van der Waals surface area contributed by atoms with Crippen LogP contribution in [0.5, 0.6) is 0 Å². The zero-order valence-electron chi connectivity index (χ0n) is 10.6. The SMILES string of the molecule is CCC(CNC)CN(C)Cc1ccccn1. The van der Waals surface area contributed by atoms with E-state index in [0.29, 0.717) is 0 Å². The second-order valence-electron chi connectivity index (χ2n) is 4.35.